The minimum Gasteiger partial charge on any atom is -0.489 e. The first-order chi connectivity index (χ1) is 12.1. The van der Waals surface area contributed by atoms with Gasteiger partial charge in [-0.25, -0.2) is 0 Å². The van der Waals surface area contributed by atoms with Crippen LogP contribution < -0.4 is 4.74 Å². The molecule has 0 radical (unpaired) electrons. The molecule has 1 amide bonds. The minimum atomic E-state index is -0.0245. The summed E-state index contributed by atoms with van der Waals surface area (Å²) in [5.41, 5.74) is 3.28. The smallest absolute Gasteiger partial charge is 0.266 e. The molecule has 0 unspecified atom stereocenters. The number of carbonyl (C=O) groups is 1. The van der Waals surface area contributed by atoms with E-state index < -0.39 is 0 Å². The molecule has 1 heterocycles. The van der Waals surface area contributed by atoms with Crippen molar-refractivity contribution in [2.24, 2.45) is 0 Å². The topological polar surface area (TPSA) is 29.5 Å². The number of thiocarbonyl (C=S) groups is 1. The van der Waals surface area contributed by atoms with Gasteiger partial charge in [0, 0.05) is 6.54 Å². The lowest BCUT2D eigenvalue weighted by atomic mass is 10.1. The molecule has 3 nitrogen and oxygen atoms in total. The molecule has 1 aliphatic heterocycles. The summed E-state index contributed by atoms with van der Waals surface area (Å²) in [5.74, 6) is 0.754. The third kappa shape index (κ3) is 4.30. The van der Waals surface area contributed by atoms with Gasteiger partial charge in [0.2, 0.25) is 0 Å². The number of aryl methyl sites for hydroxylation is 1. The van der Waals surface area contributed by atoms with Crippen LogP contribution in [0.15, 0.2) is 53.4 Å². The molecule has 0 saturated carbocycles. The highest BCUT2D eigenvalue weighted by Gasteiger charge is 2.30. The summed E-state index contributed by atoms with van der Waals surface area (Å²) < 4.78 is 6.50. The highest BCUT2D eigenvalue weighted by molar-refractivity contribution is 8.26. The Morgan fingerprint density at radius 2 is 2.00 bits per heavy atom. The second-order valence-electron chi connectivity index (χ2n) is 5.78. The Bertz CT molecular complexity index is 845. The van der Waals surface area contributed by atoms with E-state index in [0.29, 0.717) is 22.4 Å². The first-order valence-corrected chi connectivity index (χ1v) is 9.33. The molecule has 5 heteroatoms. The molecule has 2 aromatic carbocycles. The summed E-state index contributed by atoms with van der Waals surface area (Å²) >= 11 is 6.59. The lowest BCUT2D eigenvalue weighted by Gasteiger charge is -2.09. The molecule has 0 bridgehead atoms. The Hall–Kier alpha value is -2.11. The Balaban J connectivity index is 1.73. The summed E-state index contributed by atoms with van der Waals surface area (Å²) in [6.45, 7) is 5.11. The van der Waals surface area contributed by atoms with Gasteiger partial charge >= 0.3 is 0 Å². The number of amides is 1. The zero-order valence-electron chi connectivity index (χ0n) is 14.2. The summed E-state index contributed by atoms with van der Waals surface area (Å²) in [6, 6.07) is 16.0. The van der Waals surface area contributed by atoms with Crippen molar-refractivity contribution in [1.29, 1.82) is 0 Å². The number of nitrogens with zero attached hydrogens (tertiary/aromatic N) is 1. The Morgan fingerprint density at radius 1 is 1.20 bits per heavy atom. The van der Waals surface area contributed by atoms with Crippen LogP contribution >= 0.6 is 24.0 Å². The number of rotatable bonds is 5. The van der Waals surface area contributed by atoms with E-state index >= 15 is 0 Å². The molecule has 1 saturated heterocycles. The van der Waals surface area contributed by atoms with E-state index in [1.165, 1.54) is 17.3 Å². The molecule has 0 aliphatic carbocycles. The number of hydrogen-bond donors (Lipinski definition) is 0. The molecule has 0 atom stereocenters. The second kappa shape index (κ2) is 7.85. The van der Waals surface area contributed by atoms with Gasteiger partial charge in [-0.3, -0.25) is 9.69 Å². The van der Waals surface area contributed by atoms with Crippen molar-refractivity contribution >= 4 is 40.3 Å². The molecule has 3 rings (SSSR count). The van der Waals surface area contributed by atoms with Crippen LogP contribution in [-0.4, -0.2) is 21.7 Å². The fourth-order valence-electron chi connectivity index (χ4n) is 2.59. The van der Waals surface area contributed by atoms with Crippen LogP contribution in [0.3, 0.4) is 0 Å². The fourth-order valence-corrected chi connectivity index (χ4v) is 3.97. The predicted octanol–water partition coefficient (Wildman–Crippen LogP) is 4.80. The van der Waals surface area contributed by atoms with Gasteiger partial charge in [-0.05, 0) is 43.2 Å². The maximum absolute atomic E-state index is 12.3. The molecular weight excluding hydrogens is 350 g/mol. The number of likely N-dealkylation sites (N-methyl/N-ethyl adjacent to an activating group) is 1. The van der Waals surface area contributed by atoms with Gasteiger partial charge in [-0.2, -0.15) is 0 Å². The van der Waals surface area contributed by atoms with Crippen molar-refractivity contribution in [2.75, 3.05) is 6.54 Å². The molecule has 25 heavy (non-hydrogen) atoms. The van der Waals surface area contributed by atoms with E-state index in [4.69, 9.17) is 17.0 Å². The van der Waals surface area contributed by atoms with Crippen LogP contribution in [0.2, 0.25) is 0 Å². The van der Waals surface area contributed by atoms with Crippen LogP contribution in [-0.2, 0) is 11.4 Å². The Morgan fingerprint density at radius 3 is 2.72 bits per heavy atom. The van der Waals surface area contributed by atoms with Crippen LogP contribution in [0.25, 0.3) is 6.08 Å². The highest BCUT2D eigenvalue weighted by atomic mass is 32.2. The average molecular weight is 370 g/mol. The number of carbonyl (C=O) groups excluding carboxylic acids is 1. The van der Waals surface area contributed by atoms with Crippen molar-refractivity contribution in [1.82, 2.24) is 4.90 Å². The van der Waals surface area contributed by atoms with Crippen molar-refractivity contribution in [3.63, 3.8) is 0 Å². The normalized spacial score (nSPS) is 15.9. The fraction of sp³-hybridized carbons (Fsp3) is 0.200. The Labute approximate surface area is 157 Å². The number of hydrogen-bond acceptors (Lipinski definition) is 4. The first-order valence-electron chi connectivity index (χ1n) is 8.10. The standard InChI is InChI=1S/C20H19NO2S2/c1-3-21-19(22)18(25-20(21)24)12-15-7-5-9-17(11-15)23-13-16-8-4-6-14(2)10-16/h4-12H,3,13H2,1-2H3. The third-order valence-corrected chi connectivity index (χ3v) is 5.21. The molecule has 1 aliphatic rings. The molecule has 128 valence electrons. The van der Waals surface area contributed by atoms with Gasteiger partial charge in [-0.15, -0.1) is 0 Å². The van der Waals surface area contributed by atoms with Crippen LogP contribution in [0, 0.1) is 6.92 Å². The van der Waals surface area contributed by atoms with Crippen molar-refractivity contribution in [3.05, 3.63) is 70.1 Å². The lowest BCUT2D eigenvalue weighted by molar-refractivity contribution is -0.121. The van der Waals surface area contributed by atoms with Crippen LogP contribution in [0.5, 0.6) is 5.75 Å². The van der Waals surface area contributed by atoms with E-state index in [9.17, 15) is 4.79 Å². The average Bonchev–Trinajstić information content (AvgIpc) is 2.86. The van der Waals surface area contributed by atoms with E-state index in [-0.39, 0.29) is 5.91 Å². The molecule has 1 fully saturated rings. The first kappa shape index (κ1) is 17.7. The van der Waals surface area contributed by atoms with E-state index in [1.807, 2.05) is 49.4 Å². The largest absolute Gasteiger partial charge is 0.489 e. The zero-order valence-corrected chi connectivity index (χ0v) is 15.8. The zero-order chi connectivity index (χ0) is 17.8. The SMILES string of the molecule is CCN1C(=O)C(=Cc2cccc(OCc3cccc(C)c3)c2)SC1=S. The van der Waals surface area contributed by atoms with Gasteiger partial charge in [0.05, 0.1) is 4.91 Å². The minimum absolute atomic E-state index is 0.0245. The summed E-state index contributed by atoms with van der Waals surface area (Å²) in [5, 5.41) is 0. The molecule has 0 aromatic heterocycles. The maximum atomic E-state index is 12.3. The van der Waals surface area contributed by atoms with Gasteiger partial charge in [-0.1, -0.05) is 65.9 Å². The van der Waals surface area contributed by atoms with E-state index in [1.54, 1.807) is 4.90 Å². The maximum Gasteiger partial charge on any atom is 0.266 e. The molecule has 0 N–H and O–H groups in total. The summed E-state index contributed by atoms with van der Waals surface area (Å²) in [6.07, 6.45) is 1.87. The van der Waals surface area contributed by atoms with E-state index in [2.05, 4.69) is 19.1 Å². The monoisotopic (exact) mass is 369 g/mol. The van der Waals surface area contributed by atoms with Gasteiger partial charge in [0.25, 0.3) is 5.91 Å². The summed E-state index contributed by atoms with van der Waals surface area (Å²) in [4.78, 5) is 14.6. The number of ether oxygens (including phenoxy) is 1. The molecule has 0 spiro atoms. The number of benzene rings is 2. The van der Waals surface area contributed by atoms with Crippen molar-refractivity contribution in [3.8, 4) is 5.75 Å². The van der Waals surface area contributed by atoms with Crippen molar-refractivity contribution in [2.45, 2.75) is 20.5 Å². The Kier molecular flexibility index (Phi) is 5.56. The van der Waals surface area contributed by atoms with E-state index in [0.717, 1.165) is 16.9 Å². The quantitative estimate of drug-likeness (QED) is 0.559. The third-order valence-electron chi connectivity index (χ3n) is 3.83. The molecule has 2 aromatic rings. The predicted molar refractivity (Wildman–Crippen MR) is 108 cm³/mol. The lowest BCUT2D eigenvalue weighted by Crippen LogP contribution is -2.27. The molecular formula is C20H19NO2S2. The second-order valence-corrected chi connectivity index (χ2v) is 7.45. The van der Waals surface area contributed by atoms with Crippen LogP contribution in [0.4, 0.5) is 0 Å². The summed E-state index contributed by atoms with van der Waals surface area (Å²) in [7, 11) is 0. The highest BCUT2D eigenvalue weighted by Crippen LogP contribution is 2.32. The number of thioether (sulfide) groups is 1. The van der Waals surface area contributed by atoms with Crippen molar-refractivity contribution < 1.29 is 9.53 Å². The van der Waals surface area contributed by atoms with Crippen LogP contribution in [0.1, 0.15) is 23.6 Å². The van der Waals surface area contributed by atoms with Gasteiger partial charge in [0.15, 0.2) is 0 Å². The van der Waals surface area contributed by atoms with Gasteiger partial charge < -0.3 is 4.74 Å². The van der Waals surface area contributed by atoms with Gasteiger partial charge in [0.1, 0.15) is 16.7 Å².